The number of hydrogen-bond acceptors (Lipinski definition) is 4. The lowest BCUT2D eigenvalue weighted by Crippen LogP contribution is -2.36. The second-order valence-corrected chi connectivity index (χ2v) is 6.91. The smallest absolute Gasteiger partial charge is 0.303 e. The molecule has 2 fully saturated rings. The molecule has 5 heteroatoms. The van der Waals surface area contributed by atoms with Gasteiger partial charge in [0.05, 0.1) is 18.2 Å². The van der Waals surface area contributed by atoms with Crippen molar-refractivity contribution in [3.8, 4) is 0 Å². The zero-order valence-electron chi connectivity index (χ0n) is 14.0. The standard InChI is InChI=1S/C18H27N3O2/c1-13-19-14(9-10-18(22)23)12-16(20-13)17-8-5-11-21(17)15-6-3-2-4-7-15/h12,15,17H,2-11H2,1H3,(H,22,23). The minimum Gasteiger partial charge on any atom is -0.481 e. The third-order valence-electron chi connectivity index (χ3n) is 5.19. The van der Waals surface area contributed by atoms with E-state index in [4.69, 9.17) is 5.11 Å². The summed E-state index contributed by atoms with van der Waals surface area (Å²) in [5, 5.41) is 8.89. The van der Waals surface area contributed by atoms with Crippen molar-refractivity contribution in [1.29, 1.82) is 0 Å². The SMILES string of the molecule is Cc1nc(CCC(=O)O)cc(C2CCCN2C2CCCCC2)n1. The maximum atomic E-state index is 10.8. The number of likely N-dealkylation sites (tertiary alicyclic amines) is 1. The second kappa shape index (κ2) is 7.39. The molecule has 0 aromatic carbocycles. The second-order valence-electron chi connectivity index (χ2n) is 6.91. The van der Waals surface area contributed by atoms with E-state index < -0.39 is 5.97 Å². The van der Waals surface area contributed by atoms with E-state index in [1.807, 2.05) is 13.0 Å². The lowest BCUT2D eigenvalue weighted by atomic mass is 9.93. The van der Waals surface area contributed by atoms with Crippen molar-refractivity contribution < 1.29 is 9.90 Å². The third-order valence-corrected chi connectivity index (χ3v) is 5.19. The molecule has 1 unspecified atom stereocenters. The Morgan fingerprint density at radius 2 is 2.00 bits per heavy atom. The first kappa shape index (κ1) is 16.4. The molecule has 1 aliphatic heterocycles. The Balaban J connectivity index is 1.77. The van der Waals surface area contributed by atoms with E-state index in [2.05, 4.69) is 14.9 Å². The largest absolute Gasteiger partial charge is 0.481 e. The summed E-state index contributed by atoms with van der Waals surface area (Å²) in [7, 11) is 0. The summed E-state index contributed by atoms with van der Waals surface area (Å²) in [6, 6.07) is 3.14. The summed E-state index contributed by atoms with van der Waals surface area (Å²) >= 11 is 0. The number of aliphatic carboxylic acids is 1. The summed E-state index contributed by atoms with van der Waals surface area (Å²) in [6.45, 7) is 3.08. The van der Waals surface area contributed by atoms with Gasteiger partial charge in [0.15, 0.2) is 0 Å². The minimum absolute atomic E-state index is 0.132. The van der Waals surface area contributed by atoms with Crippen LogP contribution in [0, 0.1) is 6.92 Å². The van der Waals surface area contributed by atoms with E-state index in [1.54, 1.807) is 0 Å². The van der Waals surface area contributed by atoms with Gasteiger partial charge in [-0.15, -0.1) is 0 Å². The van der Waals surface area contributed by atoms with Crippen LogP contribution in [-0.4, -0.2) is 38.5 Å². The molecule has 5 nitrogen and oxygen atoms in total. The first-order valence-electron chi connectivity index (χ1n) is 8.95. The van der Waals surface area contributed by atoms with E-state index in [0.717, 1.165) is 23.6 Å². The van der Waals surface area contributed by atoms with Crippen LogP contribution in [0.15, 0.2) is 6.07 Å². The number of carboxylic acid groups (broad SMARTS) is 1. The predicted molar refractivity (Wildman–Crippen MR) is 88.3 cm³/mol. The maximum absolute atomic E-state index is 10.8. The van der Waals surface area contributed by atoms with Crippen molar-refractivity contribution in [1.82, 2.24) is 14.9 Å². The molecule has 2 aliphatic rings. The Kier molecular flexibility index (Phi) is 5.26. The van der Waals surface area contributed by atoms with Gasteiger partial charge in [-0.25, -0.2) is 9.97 Å². The first-order chi connectivity index (χ1) is 11.1. The summed E-state index contributed by atoms with van der Waals surface area (Å²) in [6.07, 6.45) is 9.70. The van der Waals surface area contributed by atoms with Crippen LogP contribution in [0.2, 0.25) is 0 Å². The molecule has 3 rings (SSSR count). The third kappa shape index (κ3) is 4.08. The van der Waals surface area contributed by atoms with Crippen LogP contribution in [-0.2, 0) is 11.2 Å². The molecule has 0 bridgehead atoms. The Labute approximate surface area is 138 Å². The van der Waals surface area contributed by atoms with E-state index in [-0.39, 0.29) is 6.42 Å². The number of aromatic nitrogens is 2. The van der Waals surface area contributed by atoms with Crippen LogP contribution in [0.25, 0.3) is 0 Å². The van der Waals surface area contributed by atoms with E-state index in [0.29, 0.717) is 18.5 Å². The van der Waals surface area contributed by atoms with Gasteiger partial charge in [-0.05, 0) is 45.2 Å². The molecule has 1 saturated heterocycles. The first-order valence-corrected chi connectivity index (χ1v) is 8.95. The molecule has 1 saturated carbocycles. The summed E-state index contributed by atoms with van der Waals surface area (Å²) in [5.74, 6) is -0.00843. The minimum atomic E-state index is -0.771. The molecule has 0 amide bonds. The molecular weight excluding hydrogens is 290 g/mol. The molecule has 1 N–H and O–H groups in total. The fourth-order valence-electron chi connectivity index (χ4n) is 4.15. The van der Waals surface area contributed by atoms with Crippen molar-refractivity contribution in [3.63, 3.8) is 0 Å². The van der Waals surface area contributed by atoms with Gasteiger partial charge in [-0.3, -0.25) is 9.69 Å². The normalized spacial score (nSPS) is 23.3. The van der Waals surface area contributed by atoms with Crippen molar-refractivity contribution >= 4 is 5.97 Å². The average molecular weight is 317 g/mol. The molecule has 126 valence electrons. The van der Waals surface area contributed by atoms with Crippen molar-refractivity contribution in [2.24, 2.45) is 0 Å². The van der Waals surface area contributed by atoms with E-state index >= 15 is 0 Å². The number of carboxylic acids is 1. The van der Waals surface area contributed by atoms with Gasteiger partial charge in [-0.1, -0.05) is 19.3 Å². The Hall–Kier alpha value is -1.49. The zero-order valence-corrected chi connectivity index (χ0v) is 14.0. The van der Waals surface area contributed by atoms with Crippen LogP contribution >= 0.6 is 0 Å². The van der Waals surface area contributed by atoms with Crippen LogP contribution in [0.1, 0.15) is 74.6 Å². The van der Waals surface area contributed by atoms with E-state index in [9.17, 15) is 4.79 Å². The Morgan fingerprint density at radius 1 is 1.22 bits per heavy atom. The molecular formula is C18H27N3O2. The summed E-state index contributed by atoms with van der Waals surface area (Å²) < 4.78 is 0. The highest BCUT2D eigenvalue weighted by molar-refractivity contribution is 5.66. The molecule has 1 aromatic rings. The quantitative estimate of drug-likeness (QED) is 0.903. The summed E-state index contributed by atoms with van der Waals surface area (Å²) in [4.78, 5) is 22.6. The number of nitrogens with zero attached hydrogens (tertiary/aromatic N) is 3. The van der Waals surface area contributed by atoms with Gasteiger partial charge in [0.25, 0.3) is 0 Å². The predicted octanol–water partition coefficient (Wildman–Crippen LogP) is 3.27. The van der Waals surface area contributed by atoms with Crippen LogP contribution in [0.3, 0.4) is 0 Å². The number of carbonyl (C=O) groups is 1. The fourth-order valence-corrected chi connectivity index (χ4v) is 4.15. The van der Waals surface area contributed by atoms with Gasteiger partial charge < -0.3 is 5.11 Å². The molecule has 0 spiro atoms. The monoisotopic (exact) mass is 317 g/mol. The summed E-state index contributed by atoms with van der Waals surface area (Å²) in [5.41, 5.74) is 1.96. The van der Waals surface area contributed by atoms with Crippen LogP contribution in [0.5, 0.6) is 0 Å². The van der Waals surface area contributed by atoms with Gasteiger partial charge >= 0.3 is 5.97 Å². The average Bonchev–Trinajstić information content (AvgIpc) is 3.03. The molecule has 23 heavy (non-hydrogen) atoms. The van der Waals surface area contributed by atoms with Crippen LogP contribution < -0.4 is 0 Å². The molecule has 1 aromatic heterocycles. The van der Waals surface area contributed by atoms with Crippen molar-refractivity contribution in [2.75, 3.05) is 6.54 Å². The van der Waals surface area contributed by atoms with Gasteiger partial charge in [0.2, 0.25) is 0 Å². The molecule has 1 atom stereocenters. The molecule has 0 radical (unpaired) electrons. The molecule has 2 heterocycles. The lowest BCUT2D eigenvalue weighted by molar-refractivity contribution is -0.136. The lowest BCUT2D eigenvalue weighted by Gasteiger charge is -2.35. The number of hydrogen-bond donors (Lipinski definition) is 1. The van der Waals surface area contributed by atoms with Gasteiger partial charge in [0.1, 0.15) is 5.82 Å². The van der Waals surface area contributed by atoms with Crippen molar-refractivity contribution in [3.05, 3.63) is 23.3 Å². The molecule has 1 aliphatic carbocycles. The Bertz CT molecular complexity index is 555. The zero-order chi connectivity index (χ0) is 16.2. The Morgan fingerprint density at radius 3 is 2.74 bits per heavy atom. The van der Waals surface area contributed by atoms with Crippen molar-refractivity contribution in [2.45, 2.75) is 76.8 Å². The highest BCUT2D eigenvalue weighted by atomic mass is 16.4. The van der Waals surface area contributed by atoms with Gasteiger partial charge in [0, 0.05) is 18.2 Å². The fraction of sp³-hybridized carbons (Fsp3) is 0.722. The van der Waals surface area contributed by atoms with E-state index in [1.165, 1.54) is 45.1 Å². The number of rotatable bonds is 5. The number of aryl methyl sites for hydroxylation is 2. The highest BCUT2D eigenvalue weighted by Crippen LogP contribution is 2.37. The van der Waals surface area contributed by atoms with Gasteiger partial charge in [-0.2, -0.15) is 0 Å². The highest BCUT2D eigenvalue weighted by Gasteiger charge is 2.33. The van der Waals surface area contributed by atoms with Crippen LogP contribution in [0.4, 0.5) is 0 Å². The topological polar surface area (TPSA) is 66.3 Å². The maximum Gasteiger partial charge on any atom is 0.303 e.